The topological polar surface area (TPSA) is 80.2 Å². The lowest BCUT2D eigenvalue weighted by Gasteiger charge is -2.37. The summed E-state index contributed by atoms with van der Waals surface area (Å²) >= 11 is 1.46. The molecule has 7 nitrogen and oxygen atoms in total. The number of methoxy groups -OCH3 is 1. The fourth-order valence-electron chi connectivity index (χ4n) is 4.31. The van der Waals surface area contributed by atoms with Gasteiger partial charge in [-0.15, -0.1) is 0 Å². The lowest BCUT2D eigenvalue weighted by Crippen LogP contribution is -2.37. The molecule has 182 valence electrons. The molecule has 0 aliphatic carbocycles. The monoisotopic (exact) mass is 491 g/mol. The standard InChI is InChI=1S/C27H29N3O4S/c1-6-34-26(32)24-18(4)28-27-30(25(24)22-12-7-16(2)13-17(22)3)20(15-35-27)14-23(31)29-19-8-10-21(33-5)11-9-19/h7-13,15,25H,6,14H2,1-5H3,(H,29,31)/t25-/m0/s1. The third-order valence-corrected chi connectivity index (χ3v) is 6.82. The van der Waals surface area contributed by atoms with Crippen LogP contribution < -0.4 is 10.1 Å². The number of nitrogens with one attached hydrogen (secondary N) is 1. The summed E-state index contributed by atoms with van der Waals surface area (Å²) in [5.41, 5.74) is 5.76. The van der Waals surface area contributed by atoms with Gasteiger partial charge in [0.05, 0.1) is 37.4 Å². The Kier molecular flexibility index (Phi) is 7.31. The minimum absolute atomic E-state index is 0.134. The van der Waals surface area contributed by atoms with E-state index in [9.17, 15) is 9.59 Å². The Morgan fingerprint density at radius 1 is 1.11 bits per heavy atom. The Morgan fingerprint density at radius 3 is 2.51 bits per heavy atom. The van der Waals surface area contributed by atoms with Crippen LogP contribution in [0, 0.1) is 13.8 Å². The van der Waals surface area contributed by atoms with Gasteiger partial charge in [-0.2, -0.15) is 0 Å². The number of anilines is 1. The highest BCUT2D eigenvalue weighted by atomic mass is 32.2. The first-order valence-electron chi connectivity index (χ1n) is 11.4. The number of ether oxygens (including phenoxy) is 2. The third kappa shape index (κ3) is 5.12. The number of carbonyl (C=O) groups is 2. The third-order valence-electron chi connectivity index (χ3n) is 5.93. The quantitative estimate of drug-likeness (QED) is 0.517. The molecule has 0 aromatic heterocycles. The second-order valence-corrected chi connectivity index (χ2v) is 9.26. The number of amides is 1. The predicted octanol–water partition coefficient (Wildman–Crippen LogP) is 5.48. The van der Waals surface area contributed by atoms with Gasteiger partial charge in [-0.25, -0.2) is 9.79 Å². The van der Waals surface area contributed by atoms with Crippen molar-refractivity contribution >= 4 is 34.5 Å². The highest BCUT2D eigenvalue weighted by Crippen LogP contribution is 2.45. The summed E-state index contributed by atoms with van der Waals surface area (Å²) in [5.74, 6) is 0.167. The molecular weight excluding hydrogens is 462 g/mol. The number of rotatable bonds is 7. The highest BCUT2D eigenvalue weighted by Gasteiger charge is 2.41. The van der Waals surface area contributed by atoms with E-state index < -0.39 is 12.0 Å². The Morgan fingerprint density at radius 2 is 1.86 bits per heavy atom. The molecule has 0 radical (unpaired) electrons. The maximum Gasteiger partial charge on any atom is 0.338 e. The minimum atomic E-state index is -0.433. The van der Waals surface area contributed by atoms with Crippen molar-refractivity contribution in [3.05, 3.63) is 81.5 Å². The summed E-state index contributed by atoms with van der Waals surface area (Å²) in [4.78, 5) is 32.8. The maximum atomic E-state index is 13.1. The Labute approximate surface area is 209 Å². The Bertz CT molecular complexity index is 1250. The first-order valence-corrected chi connectivity index (χ1v) is 12.3. The van der Waals surface area contributed by atoms with Crippen molar-refractivity contribution in [1.82, 2.24) is 4.90 Å². The number of fused-ring (bicyclic) bond motifs is 1. The van der Waals surface area contributed by atoms with E-state index >= 15 is 0 Å². The van der Waals surface area contributed by atoms with Crippen LogP contribution in [0.1, 0.15) is 43.0 Å². The van der Waals surface area contributed by atoms with Gasteiger partial charge in [0.1, 0.15) is 5.75 Å². The Balaban J connectivity index is 1.66. The number of aliphatic imine (C=N–C) groups is 1. The van der Waals surface area contributed by atoms with Crippen LogP contribution in [0.15, 0.2) is 69.8 Å². The first kappa shape index (κ1) is 24.6. The number of nitrogens with zero attached hydrogens (tertiary/aromatic N) is 2. The van der Waals surface area contributed by atoms with Crippen LogP contribution in [0.25, 0.3) is 0 Å². The molecule has 2 aromatic rings. The number of allylic oxidation sites excluding steroid dienone is 1. The molecule has 0 saturated carbocycles. The molecule has 0 spiro atoms. The van der Waals surface area contributed by atoms with E-state index in [1.807, 2.05) is 43.2 Å². The second kappa shape index (κ2) is 10.4. The number of amidine groups is 1. The van der Waals surface area contributed by atoms with Gasteiger partial charge in [0, 0.05) is 11.4 Å². The summed E-state index contributed by atoms with van der Waals surface area (Å²) in [6.07, 6.45) is 0.134. The van der Waals surface area contributed by atoms with Crippen LogP contribution >= 0.6 is 11.8 Å². The number of esters is 1. The molecule has 35 heavy (non-hydrogen) atoms. The largest absolute Gasteiger partial charge is 0.497 e. The number of hydrogen-bond acceptors (Lipinski definition) is 7. The number of thioether (sulfide) groups is 1. The first-order chi connectivity index (χ1) is 16.8. The summed E-state index contributed by atoms with van der Waals surface area (Å²) in [5, 5.41) is 5.62. The van der Waals surface area contributed by atoms with Crippen molar-refractivity contribution in [2.24, 2.45) is 4.99 Å². The average Bonchev–Trinajstić information content (AvgIpc) is 3.20. The molecule has 1 atom stereocenters. The number of hydrogen-bond donors (Lipinski definition) is 1. The Hall–Kier alpha value is -3.52. The van der Waals surface area contributed by atoms with E-state index in [0.29, 0.717) is 17.0 Å². The zero-order valence-corrected chi connectivity index (χ0v) is 21.4. The molecule has 0 unspecified atom stereocenters. The van der Waals surface area contributed by atoms with Crippen molar-refractivity contribution < 1.29 is 19.1 Å². The van der Waals surface area contributed by atoms with E-state index in [4.69, 9.17) is 14.5 Å². The van der Waals surface area contributed by atoms with Crippen LogP contribution in [-0.4, -0.2) is 35.7 Å². The van der Waals surface area contributed by atoms with Gasteiger partial charge in [-0.05, 0) is 68.5 Å². The molecule has 1 N–H and O–H groups in total. The van der Waals surface area contributed by atoms with Gasteiger partial charge in [-0.1, -0.05) is 35.5 Å². The zero-order chi connectivity index (χ0) is 25.1. The lowest BCUT2D eigenvalue weighted by molar-refractivity contribution is -0.139. The molecule has 0 bridgehead atoms. The van der Waals surface area contributed by atoms with E-state index in [1.54, 1.807) is 38.3 Å². The molecule has 2 heterocycles. The smallest absolute Gasteiger partial charge is 0.338 e. The summed E-state index contributed by atoms with van der Waals surface area (Å²) < 4.78 is 10.6. The van der Waals surface area contributed by atoms with Crippen molar-refractivity contribution in [1.29, 1.82) is 0 Å². The summed E-state index contributed by atoms with van der Waals surface area (Å²) in [6.45, 7) is 7.97. The van der Waals surface area contributed by atoms with Gasteiger partial charge < -0.3 is 19.7 Å². The zero-order valence-electron chi connectivity index (χ0n) is 20.5. The summed E-state index contributed by atoms with van der Waals surface area (Å²) in [6, 6.07) is 12.9. The lowest BCUT2D eigenvalue weighted by atomic mass is 9.90. The van der Waals surface area contributed by atoms with Crippen molar-refractivity contribution in [3.8, 4) is 5.75 Å². The maximum absolute atomic E-state index is 13.1. The molecule has 0 saturated heterocycles. The van der Waals surface area contributed by atoms with Gasteiger partial charge in [0.15, 0.2) is 5.17 Å². The van der Waals surface area contributed by atoms with Crippen LogP contribution in [0.2, 0.25) is 0 Å². The number of aryl methyl sites for hydroxylation is 2. The average molecular weight is 492 g/mol. The second-order valence-electron chi connectivity index (χ2n) is 8.43. The fourth-order valence-corrected chi connectivity index (χ4v) is 5.27. The molecule has 1 amide bonds. The number of benzene rings is 2. The number of carbonyl (C=O) groups excluding carboxylic acids is 2. The molecule has 2 aliphatic rings. The van der Waals surface area contributed by atoms with E-state index in [-0.39, 0.29) is 18.9 Å². The van der Waals surface area contributed by atoms with Crippen LogP contribution in [-0.2, 0) is 14.3 Å². The van der Waals surface area contributed by atoms with Crippen molar-refractivity contribution in [2.75, 3.05) is 19.0 Å². The van der Waals surface area contributed by atoms with Crippen LogP contribution in [0.5, 0.6) is 5.75 Å². The molecule has 2 aromatic carbocycles. The van der Waals surface area contributed by atoms with Gasteiger partial charge in [-0.3, -0.25) is 4.79 Å². The predicted molar refractivity (Wildman–Crippen MR) is 139 cm³/mol. The van der Waals surface area contributed by atoms with Crippen LogP contribution in [0.3, 0.4) is 0 Å². The van der Waals surface area contributed by atoms with E-state index in [1.165, 1.54) is 11.8 Å². The normalized spacial score (nSPS) is 16.9. The molecular formula is C27H29N3O4S. The van der Waals surface area contributed by atoms with Crippen LogP contribution in [0.4, 0.5) is 5.69 Å². The molecule has 4 rings (SSSR count). The molecule has 8 heteroatoms. The SMILES string of the molecule is CCOC(=O)C1=C(C)N=C2SC=C(CC(=O)Nc3ccc(OC)cc3)N2[C@H]1c1ccc(C)cc1C. The van der Waals surface area contributed by atoms with Gasteiger partial charge in [0.2, 0.25) is 5.91 Å². The van der Waals surface area contributed by atoms with Crippen molar-refractivity contribution in [3.63, 3.8) is 0 Å². The molecule has 0 fully saturated rings. The fraction of sp³-hybridized carbons (Fsp3) is 0.296. The van der Waals surface area contributed by atoms with Crippen molar-refractivity contribution in [2.45, 2.75) is 40.2 Å². The van der Waals surface area contributed by atoms with E-state index in [2.05, 4.69) is 11.4 Å². The molecule has 2 aliphatic heterocycles. The summed E-state index contributed by atoms with van der Waals surface area (Å²) in [7, 11) is 1.60. The minimum Gasteiger partial charge on any atom is -0.497 e. The van der Waals surface area contributed by atoms with Gasteiger partial charge in [0.25, 0.3) is 0 Å². The van der Waals surface area contributed by atoms with E-state index in [0.717, 1.165) is 33.3 Å². The highest BCUT2D eigenvalue weighted by molar-refractivity contribution is 8.16. The van der Waals surface area contributed by atoms with Gasteiger partial charge >= 0.3 is 5.97 Å².